The van der Waals surface area contributed by atoms with Crippen molar-refractivity contribution >= 4 is 27.6 Å². The van der Waals surface area contributed by atoms with Crippen LogP contribution in [0.2, 0.25) is 0 Å². The lowest BCUT2D eigenvalue weighted by Gasteiger charge is -2.26. The van der Waals surface area contributed by atoms with Gasteiger partial charge in [0.25, 0.3) is 0 Å². The second-order valence-corrected chi connectivity index (χ2v) is 10.4. The first-order valence-electron chi connectivity index (χ1n) is 10.2. The minimum absolute atomic E-state index is 0.0252. The number of sulfonamides is 1. The van der Waals surface area contributed by atoms with E-state index in [9.17, 15) is 13.2 Å². The molecule has 0 radical (unpaired) electrons. The number of carbonyl (C=O) groups is 1. The van der Waals surface area contributed by atoms with Gasteiger partial charge in [0.05, 0.1) is 23.9 Å². The van der Waals surface area contributed by atoms with Crippen LogP contribution >= 0.6 is 11.8 Å². The molecule has 1 saturated heterocycles. The fourth-order valence-corrected chi connectivity index (χ4v) is 5.57. The molecule has 1 fully saturated rings. The van der Waals surface area contributed by atoms with Crippen LogP contribution in [-0.4, -0.2) is 65.3 Å². The number of ketones is 1. The first kappa shape index (κ1) is 22.7. The highest BCUT2D eigenvalue weighted by Crippen LogP contribution is 2.25. The highest BCUT2D eigenvalue weighted by atomic mass is 32.2. The number of benzene rings is 2. The molecular weight excluding hydrogens is 448 g/mol. The predicted octanol–water partition coefficient (Wildman–Crippen LogP) is 2.79. The zero-order valence-electron chi connectivity index (χ0n) is 17.9. The number of Topliss-reactive ketones (excluding diaryl/α,β-unsaturated/α-hetero) is 1. The van der Waals surface area contributed by atoms with Gasteiger partial charge in [-0.15, -0.1) is 10.2 Å². The van der Waals surface area contributed by atoms with E-state index in [1.807, 2.05) is 38.2 Å². The van der Waals surface area contributed by atoms with Crippen molar-refractivity contribution in [2.24, 2.45) is 7.05 Å². The van der Waals surface area contributed by atoms with Crippen molar-refractivity contribution < 1.29 is 17.9 Å². The maximum atomic E-state index is 12.8. The summed E-state index contributed by atoms with van der Waals surface area (Å²) in [6, 6.07) is 14.1. The molecule has 0 saturated carbocycles. The number of ether oxygens (including phenoxy) is 1. The number of nitrogens with zero attached hydrogens (tertiary/aromatic N) is 4. The number of hydrogen-bond acceptors (Lipinski definition) is 7. The Bertz CT molecular complexity index is 1200. The lowest BCUT2D eigenvalue weighted by Crippen LogP contribution is -2.40. The fraction of sp³-hybridized carbons (Fsp3) is 0.318. The first-order valence-corrected chi connectivity index (χ1v) is 12.6. The molecule has 0 amide bonds. The maximum Gasteiger partial charge on any atom is 0.243 e. The van der Waals surface area contributed by atoms with Crippen LogP contribution in [-0.2, 0) is 21.8 Å². The van der Waals surface area contributed by atoms with Crippen LogP contribution in [0.5, 0.6) is 0 Å². The molecule has 1 aromatic heterocycles. The van der Waals surface area contributed by atoms with Crippen LogP contribution in [0.15, 0.2) is 58.6 Å². The molecule has 168 valence electrons. The molecule has 2 aromatic carbocycles. The normalized spacial score (nSPS) is 15.1. The van der Waals surface area contributed by atoms with Crippen molar-refractivity contribution in [1.82, 2.24) is 19.1 Å². The molecule has 4 rings (SSSR count). The molecule has 10 heteroatoms. The molecule has 32 heavy (non-hydrogen) atoms. The predicted molar refractivity (Wildman–Crippen MR) is 122 cm³/mol. The molecular formula is C22H24N4O4S2. The lowest BCUT2D eigenvalue weighted by molar-refractivity contribution is 0.0730. The molecule has 2 heterocycles. The van der Waals surface area contributed by atoms with Crippen molar-refractivity contribution in [2.75, 3.05) is 32.1 Å². The summed E-state index contributed by atoms with van der Waals surface area (Å²) in [6.45, 7) is 3.51. The Morgan fingerprint density at radius 2 is 1.69 bits per heavy atom. The molecule has 0 spiro atoms. The zero-order valence-corrected chi connectivity index (χ0v) is 19.5. The number of aryl methyl sites for hydroxylation is 1. The van der Waals surface area contributed by atoms with E-state index >= 15 is 0 Å². The number of rotatable bonds is 7. The third-order valence-electron chi connectivity index (χ3n) is 5.26. The summed E-state index contributed by atoms with van der Waals surface area (Å²) >= 11 is 1.32. The highest BCUT2D eigenvalue weighted by Gasteiger charge is 2.26. The maximum absolute atomic E-state index is 12.8. The van der Waals surface area contributed by atoms with E-state index in [-0.39, 0.29) is 16.4 Å². The van der Waals surface area contributed by atoms with Crippen molar-refractivity contribution in [2.45, 2.75) is 17.0 Å². The largest absolute Gasteiger partial charge is 0.379 e. The van der Waals surface area contributed by atoms with Crippen molar-refractivity contribution in [3.05, 3.63) is 59.7 Å². The summed E-state index contributed by atoms with van der Waals surface area (Å²) in [5.74, 6) is 0.883. The van der Waals surface area contributed by atoms with E-state index in [4.69, 9.17) is 4.74 Å². The minimum Gasteiger partial charge on any atom is -0.379 e. The number of carbonyl (C=O) groups excluding carboxylic acids is 1. The van der Waals surface area contributed by atoms with E-state index in [0.29, 0.717) is 42.8 Å². The zero-order chi connectivity index (χ0) is 22.7. The van der Waals surface area contributed by atoms with Crippen LogP contribution in [0.4, 0.5) is 0 Å². The second-order valence-electron chi connectivity index (χ2n) is 7.48. The Morgan fingerprint density at radius 1 is 1.03 bits per heavy atom. The lowest BCUT2D eigenvalue weighted by atomic mass is 10.1. The number of thioether (sulfide) groups is 1. The van der Waals surface area contributed by atoms with Crippen LogP contribution in [0.25, 0.3) is 11.4 Å². The molecule has 1 aliphatic heterocycles. The van der Waals surface area contributed by atoms with Gasteiger partial charge in [0.1, 0.15) is 0 Å². The van der Waals surface area contributed by atoms with Crippen LogP contribution in [0.1, 0.15) is 15.9 Å². The van der Waals surface area contributed by atoms with Crippen molar-refractivity contribution in [1.29, 1.82) is 0 Å². The first-order chi connectivity index (χ1) is 15.4. The Kier molecular flexibility index (Phi) is 6.75. The second kappa shape index (κ2) is 9.53. The summed E-state index contributed by atoms with van der Waals surface area (Å²) in [4.78, 5) is 12.7. The smallest absolute Gasteiger partial charge is 0.243 e. The van der Waals surface area contributed by atoms with Gasteiger partial charge in [-0.1, -0.05) is 41.6 Å². The monoisotopic (exact) mass is 472 g/mol. The summed E-state index contributed by atoms with van der Waals surface area (Å²) in [5, 5.41) is 9.05. The van der Waals surface area contributed by atoms with E-state index < -0.39 is 10.0 Å². The molecule has 8 nitrogen and oxygen atoms in total. The number of morpholine rings is 1. The fourth-order valence-electron chi connectivity index (χ4n) is 3.36. The molecule has 0 N–H and O–H groups in total. The number of hydrogen-bond donors (Lipinski definition) is 0. The van der Waals surface area contributed by atoms with Crippen LogP contribution in [0.3, 0.4) is 0 Å². The third kappa shape index (κ3) is 4.78. The molecule has 0 bridgehead atoms. The van der Waals surface area contributed by atoms with Gasteiger partial charge in [-0.25, -0.2) is 8.42 Å². The molecule has 3 aromatic rings. The Labute approximate surface area is 191 Å². The topological polar surface area (TPSA) is 94.4 Å². The van der Waals surface area contributed by atoms with Gasteiger partial charge in [0.2, 0.25) is 10.0 Å². The van der Waals surface area contributed by atoms with E-state index in [0.717, 1.165) is 11.1 Å². The minimum atomic E-state index is -3.54. The van der Waals surface area contributed by atoms with Crippen molar-refractivity contribution in [3.8, 4) is 11.4 Å². The van der Waals surface area contributed by atoms with Gasteiger partial charge in [-0.2, -0.15) is 4.31 Å². The quantitative estimate of drug-likeness (QED) is 0.385. The summed E-state index contributed by atoms with van der Waals surface area (Å²) < 4.78 is 34.1. The Morgan fingerprint density at radius 3 is 2.34 bits per heavy atom. The van der Waals surface area contributed by atoms with E-state index in [2.05, 4.69) is 10.2 Å². The van der Waals surface area contributed by atoms with Crippen LogP contribution in [0, 0.1) is 6.92 Å². The van der Waals surface area contributed by atoms with Gasteiger partial charge in [-0.05, 0) is 31.2 Å². The third-order valence-corrected chi connectivity index (χ3v) is 8.19. The Balaban J connectivity index is 1.45. The summed E-state index contributed by atoms with van der Waals surface area (Å²) in [7, 11) is -1.72. The van der Waals surface area contributed by atoms with E-state index in [1.165, 1.54) is 16.1 Å². The Hall–Kier alpha value is -2.53. The van der Waals surface area contributed by atoms with Gasteiger partial charge in [0, 0.05) is 31.3 Å². The van der Waals surface area contributed by atoms with E-state index in [1.54, 1.807) is 28.8 Å². The molecule has 0 aliphatic carbocycles. The van der Waals surface area contributed by atoms with Gasteiger partial charge in [0.15, 0.2) is 16.8 Å². The summed E-state index contributed by atoms with van der Waals surface area (Å²) in [6.07, 6.45) is 0. The molecule has 0 unspecified atom stereocenters. The molecule has 1 aliphatic rings. The van der Waals surface area contributed by atoms with Crippen molar-refractivity contribution in [3.63, 3.8) is 0 Å². The highest BCUT2D eigenvalue weighted by molar-refractivity contribution is 7.99. The number of aromatic nitrogens is 3. The molecule has 0 atom stereocenters. The average molecular weight is 473 g/mol. The van der Waals surface area contributed by atoms with Crippen LogP contribution < -0.4 is 0 Å². The van der Waals surface area contributed by atoms with Gasteiger partial charge < -0.3 is 9.30 Å². The standard InChI is InChI=1S/C22H24N4O4S2/c1-16-3-5-17(6-4-16)20(27)15-31-22-24-23-21(25(22)2)18-7-9-19(10-8-18)32(28,29)26-11-13-30-14-12-26/h3-10H,11-15H2,1-2H3. The average Bonchev–Trinajstić information content (AvgIpc) is 3.18. The van der Waals surface area contributed by atoms with Gasteiger partial charge >= 0.3 is 0 Å². The van der Waals surface area contributed by atoms with Gasteiger partial charge in [-0.3, -0.25) is 4.79 Å². The summed E-state index contributed by atoms with van der Waals surface area (Å²) in [5.41, 5.74) is 2.52. The SMILES string of the molecule is Cc1ccc(C(=O)CSc2nnc(-c3ccc(S(=O)(=O)N4CCOCC4)cc3)n2C)cc1.